The van der Waals surface area contributed by atoms with Crippen LogP contribution in [0.4, 0.5) is 0 Å². The predicted octanol–water partition coefficient (Wildman–Crippen LogP) is 1.47. The summed E-state index contributed by atoms with van der Waals surface area (Å²) in [6.07, 6.45) is 7.49. The molecule has 3 rings (SSSR count). The number of likely N-dealkylation sites (tertiary alicyclic amines) is 1. The van der Waals surface area contributed by atoms with Crippen molar-refractivity contribution in [3.05, 3.63) is 0 Å². The van der Waals surface area contributed by atoms with E-state index in [0.717, 1.165) is 17.9 Å². The molecule has 2 saturated heterocycles. The van der Waals surface area contributed by atoms with Gasteiger partial charge in [-0.1, -0.05) is 12.8 Å². The molecule has 2 heteroatoms. The first-order valence-corrected chi connectivity index (χ1v) is 6.38. The largest absolute Gasteiger partial charge is 0.316 e. The van der Waals surface area contributed by atoms with Gasteiger partial charge in [-0.3, -0.25) is 4.90 Å². The van der Waals surface area contributed by atoms with Crippen molar-refractivity contribution in [3.8, 4) is 0 Å². The number of rotatable bonds is 2. The van der Waals surface area contributed by atoms with E-state index in [-0.39, 0.29) is 0 Å². The molecule has 0 aromatic rings. The van der Waals surface area contributed by atoms with Gasteiger partial charge in [0.2, 0.25) is 0 Å². The maximum atomic E-state index is 3.38. The molecular weight excluding hydrogens is 172 g/mol. The highest BCUT2D eigenvalue weighted by molar-refractivity contribution is 4.91. The molecule has 0 amide bonds. The Morgan fingerprint density at radius 3 is 2.71 bits per heavy atom. The van der Waals surface area contributed by atoms with E-state index in [4.69, 9.17) is 0 Å². The second-order valence-corrected chi connectivity index (χ2v) is 5.42. The Morgan fingerprint density at radius 2 is 1.93 bits per heavy atom. The lowest BCUT2D eigenvalue weighted by molar-refractivity contribution is 0.141. The zero-order valence-corrected chi connectivity index (χ0v) is 9.04. The third kappa shape index (κ3) is 1.59. The smallest absolute Gasteiger partial charge is 0.0124 e. The standard InChI is InChI=1S/C12H22N2/c1-2-4-12-11(3-1)5-6-14(12)9-10-7-13-8-10/h10-13H,1-9H2. The van der Waals surface area contributed by atoms with Crippen molar-refractivity contribution in [2.75, 3.05) is 26.2 Å². The molecule has 3 aliphatic rings. The molecule has 0 bridgehead atoms. The minimum absolute atomic E-state index is 0.968. The van der Waals surface area contributed by atoms with Crippen LogP contribution in [0.25, 0.3) is 0 Å². The third-order valence-electron chi connectivity index (χ3n) is 4.48. The Morgan fingerprint density at radius 1 is 1.07 bits per heavy atom. The van der Waals surface area contributed by atoms with E-state index in [1.54, 1.807) is 0 Å². The maximum absolute atomic E-state index is 3.38. The van der Waals surface area contributed by atoms with Crippen LogP contribution in [0.2, 0.25) is 0 Å². The van der Waals surface area contributed by atoms with E-state index in [1.807, 2.05) is 0 Å². The lowest BCUT2D eigenvalue weighted by atomic mass is 9.85. The lowest BCUT2D eigenvalue weighted by Crippen LogP contribution is -2.49. The molecule has 2 atom stereocenters. The molecule has 2 aliphatic heterocycles. The molecule has 0 radical (unpaired) electrons. The Labute approximate surface area is 87.0 Å². The summed E-state index contributed by atoms with van der Waals surface area (Å²) in [5.74, 6) is 2.03. The van der Waals surface area contributed by atoms with Crippen molar-refractivity contribution in [1.82, 2.24) is 10.2 Å². The summed E-state index contributed by atoms with van der Waals surface area (Å²) in [5.41, 5.74) is 0. The number of nitrogens with zero attached hydrogens (tertiary/aromatic N) is 1. The Hall–Kier alpha value is -0.0800. The molecule has 2 unspecified atom stereocenters. The van der Waals surface area contributed by atoms with Crippen LogP contribution < -0.4 is 5.32 Å². The highest BCUT2D eigenvalue weighted by atomic mass is 15.2. The van der Waals surface area contributed by atoms with Crippen molar-refractivity contribution < 1.29 is 0 Å². The number of fused-ring (bicyclic) bond motifs is 1. The maximum Gasteiger partial charge on any atom is 0.0124 e. The summed E-state index contributed by atoms with van der Waals surface area (Å²) in [4.78, 5) is 2.80. The fourth-order valence-corrected chi connectivity index (χ4v) is 3.54. The zero-order chi connectivity index (χ0) is 9.38. The third-order valence-corrected chi connectivity index (χ3v) is 4.48. The predicted molar refractivity (Wildman–Crippen MR) is 58.3 cm³/mol. The molecule has 1 aliphatic carbocycles. The van der Waals surface area contributed by atoms with Crippen LogP contribution >= 0.6 is 0 Å². The van der Waals surface area contributed by atoms with Gasteiger partial charge >= 0.3 is 0 Å². The summed E-state index contributed by atoms with van der Waals surface area (Å²) in [5, 5.41) is 3.38. The van der Waals surface area contributed by atoms with Gasteiger partial charge in [0.15, 0.2) is 0 Å². The van der Waals surface area contributed by atoms with E-state index in [0.29, 0.717) is 0 Å². The molecule has 0 aromatic carbocycles. The van der Waals surface area contributed by atoms with Gasteiger partial charge in [0.25, 0.3) is 0 Å². The van der Waals surface area contributed by atoms with Gasteiger partial charge in [-0.15, -0.1) is 0 Å². The quantitative estimate of drug-likeness (QED) is 0.716. The summed E-state index contributed by atoms with van der Waals surface area (Å²) in [6, 6.07) is 0.976. The van der Waals surface area contributed by atoms with E-state index in [9.17, 15) is 0 Å². The fraction of sp³-hybridized carbons (Fsp3) is 1.00. The summed E-state index contributed by atoms with van der Waals surface area (Å²) in [6.45, 7) is 5.32. The van der Waals surface area contributed by atoms with Crippen molar-refractivity contribution in [3.63, 3.8) is 0 Å². The van der Waals surface area contributed by atoms with Crippen LogP contribution in [0.1, 0.15) is 32.1 Å². The van der Waals surface area contributed by atoms with Gasteiger partial charge in [-0.2, -0.15) is 0 Å². The first kappa shape index (κ1) is 9.17. The average molecular weight is 194 g/mol. The van der Waals surface area contributed by atoms with Crippen LogP contribution in [-0.2, 0) is 0 Å². The summed E-state index contributed by atoms with van der Waals surface area (Å²) >= 11 is 0. The lowest BCUT2D eigenvalue weighted by Gasteiger charge is -2.37. The van der Waals surface area contributed by atoms with Crippen molar-refractivity contribution in [2.45, 2.75) is 38.1 Å². The summed E-state index contributed by atoms with van der Waals surface area (Å²) in [7, 11) is 0. The van der Waals surface area contributed by atoms with Crippen LogP contribution in [0, 0.1) is 11.8 Å². The molecular formula is C12H22N2. The average Bonchev–Trinajstić information content (AvgIpc) is 2.55. The second-order valence-electron chi connectivity index (χ2n) is 5.42. The molecule has 14 heavy (non-hydrogen) atoms. The van der Waals surface area contributed by atoms with Crippen LogP contribution in [0.15, 0.2) is 0 Å². The van der Waals surface area contributed by atoms with Gasteiger partial charge in [-0.25, -0.2) is 0 Å². The molecule has 2 heterocycles. The van der Waals surface area contributed by atoms with E-state index < -0.39 is 0 Å². The van der Waals surface area contributed by atoms with E-state index >= 15 is 0 Å². The van der Waals surface area contributed by atoms with E-state index in [2.05, 4.69) is 10.2 Å². The second kappa shape index (κ2) is 3.82. The minimum Gasteiger partial charge on any atom is -0.316 e. The van der Waals surface area contributed by atoms with Gasteiger partial charge in [0.05, 0.1) is 0 Å². The summed E-state index contributed by atoms with van der Waals surface area (Å²) < 4.78 is 0. The Kier molecular flexibility index (Phi) is 2.50. The first-order chi connectivity index (χ1) is 6.93. The Balaban J connectivity index is 1.57. The molecule has 2 nitrogen and oxygen atoms in total. The SMILES string of the molecule is C1CCC2C(C1)CCN2CC1CNC1. The van der Waals surface area contributed by atoms with Crippen molar-refractivity contribution in [1.29, 1.82) is 0 Å². The number of hydrogen-bond acceptors (Lipinski definition) is 2. The molecule has 80 valence electrons. The monoisotopic (exact) mass is 194 g/mol. The molecule has 1 N–H and O–H groups in total. The molecule has 3 fully saturated rings. The highest BCUT2D eigenvalue weighted by Gasteiger charge is 2.36. The topological polar surface area (TPSA) is 15.3 Å². The van der Waals surface area contributed by atoms with Crippen LogP contribution in [-0.4, -0.2) is 37.1 Å². The van der Waals surface area contributed by atoms with Gasteiger partial charge in [0.1, 0.15) is 0 Å². The van der Waals surface area contributed by atoms with Gasteiger partial charge in [-0.05, 0) is 37.6 Å². The number of nitrogens with one attached hydrogen (secondary N) is 1. The van der Waals surface area contributed by atoms with Gasteiger partial charge < -0.3 is 5.32 Å². The van der Waals surface area contributed by atoms with Gasteiger partial charge in [0, 0.05) is 25.7 Å². The normalized spacial score (nSPS) is 39.4. The molecule has 0 aromatic heterocycles. The first-order valence-electron chi connectivity index (χ1n) is 6.38. The fourth-order valence-electron chi connectivity index (χ4n) is 3.54. The van der Waals surface area contributed by atoms with Crippen LogP contribution in [0.5, 0.6) is 0 Å². The highest BCUT2D eigenvalue weighted by Crippen LogP contribution is 2.36. The molecule has 1 saturated carbocycles. The van der Waals surface area contributed by atoms with Crippen molar-refractivity contribution >= 4 is 0 Å². The number of hydrogen-bond donors (Lipinski definition) is 1. The Bertz CT molecular complexity index is 200. The van der Waals surface area contributed by atoms with E-state index in [1.165, 1.54) is 58.3 Å². The van der Waals surface area contributed by atoms with Crippen LogP contribution in [0.3, 0.4) is 0 Å². The molecule has 0 spiro atoms. The zero-order valence-electron chi connectivity index (χ0n) is 9.04. The van der Waals surface area contributed by atoms with Crippen molar-refractivity contribution in [2.24, 2.45) is 11.8 Å². The minimum atomic E-state index is 0.968.